The van der Waals surface area contributed by atoms with Crippen molar-refractivity contribution in [2.45, 2.75) is 39.4 Å². The number of alkyl halides is 3. The lowest BCUT2D eigenvalue weighted by Gasteiger charge is -2.22. The Hall–Kier alpha value is -0.740. The van der Waals surface area contributed by atoms with Gasteiger partial charge in [-0.25, -0.2) is 0 Å². The third kappa shape index (κ3) is 5.49. The third-order valence-corrected chi connectivity index (χ3v) is 1.48. The SMILES string of the molecule is CC(=O)NC(CC(C)C)C(F)(F)F. The van der Waals surface area contributed by atoms with Gasteiger partial charge in [-0.15, -0.1) is 0 Å². The number of hydrogen-bond acceptors (Lipinski definition) is 1. The summed E-state index contributed by atoms with van der Waals surface area (Å²) in [4.78, 5) is 10.5. The van der Waals surface area contributed by atoms with Crippen molar-refractivity contribution >= 4 is 5.91 Å². The molecule has 2 nitrogen and oxygen atoms in total. The van der Waals surface area contributed by atoms with Crippen molar-refractivity contribution in [3.8, 4) is 0 Å². The molecular weight excluding hydrogens is 183 g/mol. The van der Waals surface area contributed by atoms with Crippen molar-refractivity contribution in [2.24, 2.45) is 5.92 Å². The monoisotopic (exact) mass is 197 g/mol. The molecule has 0 radical (unpaired) electrons. The molecule has 0 bridgehead atoms. The van der Waals surface area contributed by atoms with Gasteiger partial charge in [-0.3, -0.25) is 4.79 Å². The van der Waals surface area contributed by atoms with Crippen LogP contribution in [0.2, 0.25) is 0 Å². The summed E-state index contributed by atoms with van der Waals surface area (Å²) in [6.07, 6.45) is -4.43. The van der Waals surface area contributed by atoms with Crippen LogP contribution in [0, 0.1) is 5.92 Å². The number of amides is 1. The van der Waals surface area contributed by atoms with Gasteiger partial charge < -0.3 is 5.32 Å². The first kappa shape index (κ1) is 12.3. The Bertz CT molecular complexity index is 177. The van der Waals surface area contributed by atoms with E-state index < -0.39 is 18.1 Å². The van der Waals surface area contributed by atoms with E-state index in [0.717, 1.165) is 6.92 Å². The van der Waals surface area contributed by atoms with Gasteiger partial charge in [0, 0.05) is 6.92 Å². The molecule has 1 N–H and O–H groups in total. The minimum absolute atomic E-state index is 0.0803. The first-order valence-electron chi connectivity index (χ1n) is 4.07. The van der Waals surface area contributed by atoms with E-state index in [-0.39, 0.29) is 12.3 Å². The van der Waals surface area contributed by atoms with Crippen molar-refractivity contribution in [1.82, 2.24) is 5.32 Å². The van der Waals surface area contributed by atoms with E-state index in [1.54, 1.807) is 13.8 Å². The molecule has 0 heterocycles. The minimum atomic E-state index is -4.35. The van der Waals surface area contributed by atoms with Crippen LogP contribution in [0.1, 0.15) is 27.2 Å². The van der Waals surface area contributed by atoms with Gasteiger partial charge >= 0.3 is 6.18 Å². The van der Waals surface area contributed by atoms with Gasteiger partial charge in [0.05, 0.1) is 0 Å². The van der Waals surface area contributed by atoms with Gasteiger partial charge in [0.1, 0.15) is 6.04 Å². The van der Waals surface area contributed by atoms with E-state index in [1.807, 2.05) is 5.32 Å². The first-order valence-corrected chi connectivity index (χ1v) is 4.07. The molecule has 0 rings (SSSR count). The van der Waals surface area contributed by atoms with Crippen LogP contribution in [0.4, 0.5) is 13.2 Å². The molecule has 0 aromatic rings. The molecular formula is C8H14F3NO. The van der Waals surface area contributed by atoms with E-state index in [9.17, 15) is 18.0 Å². The Morgan fingerprint density at radius 3 is 2.08 bits per heavy atom. The zero-order chi connectivity index (χ0) is 10.6. The summed E-state index contributed by atoms with van der Waals surface area (Å²) in [5.41, 5.74) is 0. The second-order valence-corrected chi connectivity index (χ2v) is 3.42. The molecule has 5 heteroatoms. The molecule has 78 valence electrons. The molecule has 0 spiro atoms. The van der Waals surface area contributed by atoms with Crippen LogP contribution < -0.4 is 5.32 Å². The average Bonchev–Trinajstić information content (AvgIpc) is 1.81. The summed E-state index contributed by atoms with van der Waals surface area (Å²) < 4.78 is 36.7. The maximum Gasteiger partial charge on any atom is 0.408 e. The number of hydrogen-bond donors (Lipinski definition) is 1. The Balaban J connectivity index is 4.28. The highest BCUT2D eigenvalue weighted by Crippen LogP contribution is 2.24. The molecule has 1 unspecified atom stereocenters. The van der Waals surface area contributed by atoms with Crippen molar-refractivity contribution in [3.63, 3.8) is 0 Å². The molecule has 0 saturated carbocycles. The maximum absolute atomic E-state index is 12.2. The summed E-state index contributed by atoms with van der Waals surface area (Å²) in [5, 5.41) is 1.89. The molecule has 1 amide bonds. The molecule has 0 aliphatic heterocycles. The highest BCUT2D eigenvalue weighted by Gasteiger charge is 2.40. The number of nitrogens with one attached hydrogen (secondary N) is 1. The van der Waals surface area contributed by atoms with E-state index in [0.29, 0.717) is 0 Å². The van der Waals surface area contributed by atoms with Gasteiger partial charge in [0.2, 0.25) is 5.91 Å². The van der Waals surface area contributed by atoms with Crippen LogP contribution in [0.5, 0.6) is 0 Å². The fraction of sp³-hybridized carbons (Fsp3) is 0.875. The average molecular weight is 197 g/mol. The molecule has 0 aliphatic carbocycles. The number of carbonyl (C=O) groups excluding carboxylic acids is 1. The Labute approximate surface area is 75.5 Å². The molecule has 0 fully saturated rings. The number of rotatable bonds is 3. The summed E-state index contributed by atoms with van der Waals surface area (Å²) in [5.74, 6) is -0.749. The smallest absolute Gasteiger partial charge is 0.345 e. The number of carbonyl (C=O) groups is 1. The third-order valence-electron chi connectivity index (χ3n) is 1.48. The Morgan fingerprint density at radius 1 is 1.38 bits per heavy atom. The summed E-state index contributed by atoms with van der Waals surface area (Å²) in [7, 11) is 0. The van der Waals surface area contributed by atoms with Crippen molar-refractivity contribution < 1.29 is 18.0 Å². The highest BCUT2D eigenvalue weighted by molar-refractivity contribution is 5.73. The molecule has 0 aliphatic rings. The molecule has 0 aromatic heterocycles. The first-order chi connectivity index (χ1) is 5.73. The van der Waals surface area contributed by atoms with E-state index in [4.69, 9.17) is 0 Å². The predicted molar refractivity (Wildman–Crippen MR) is 43.1 cm³/mol. The normalized spacial score (nSPS) is 14.4. The lowest BCUT2D eigenvalue weighted by molar-refractivity contribution is -0.164. The zero-order valence-electron chi connectivity index (χ0n) is 7.90. The number of halogens is 3. The fourth-order valence-electron chi connectivity index (χ4n) is 0.991. The van der Waals surface area contributed by atoms with Crippen LogP contribution in [0.15, 0.2) is 0 Å². The topological polar surface area (TPSA) is 29.1 Å². The highest BCUT2D eigenvalue weighted by atomic mass is 19.4. The zero-order valence-corrected chi connectivity index (χ0v) is 7.90. The van der Waals surface area contributed by atoms with E-state index in [2.05, 4.69) is 0 Å². The van der Waals surface area contributed by atoms with Crippen LogP contribution in [-0.2, 0) is 4.79 Å². The molecule has 0 aromatic carbocycles. The van der Waals surface area contributed by atoms with Crippen LogP contribution in [0.3, 0.4) is 0 Å². The van der Waals surface area contributed by atoms with E-state index in [1.165, 1.54) is 0 Å². The van der Waals surface area contributed by atoms with E-state index >= 15 is 0 Å². The summed E-state index contributed by atoms with van der Waals surface area (Å²) >= 11 is 0. The van der Waals surface area contributed by atoms with Crippen LogP contribution in [-0.4, -0.2) is 18.1 Å². The van der Waals surface area contributed by atoms with Crippen LogP contribution >= 0.6 is 0 Å². The Kier molecular flexibility index (Phi) is 4.23. The minimum Gasteiger partial charge on any atom is -0.345 e. The predicted octanol–water partition coefficient (Wildman–Crippen LogP) is 2.10. The quantitative estimate of drug-likeness (QED) is 0.737. The maximum atomic E-state index is 12.2. The van der Waals surface area contributed by atoms with Gasteiger partial charge in [-0.2, -0.15) is 13.2 Å². The van der Waals surface area contributed by atoms with Gasteiger partial charge in [-0.1, -0.05) is 13.8 Å². The van der Waals surface area contributed by atoms with Crippen molar-refractivity contribution in [2.75, 3.05) is 0 Å². The largest absolute Gasteiger partial charge is 0.408 e. The second-order valence-electron chi connectivity index (χ2n) is 3.42. The molecule has 13 heavy (non-hydrogen) atoms. The standard InChI is InChI=1S/C8H14F3NO/c1-5(2)4-7(8(9,10)11)12-6(3)13/h5,7H,4H2,1-3H3,(H,12,13). The van der Waals surface area contributed by atoms with Crippen molar-refractivity contribution in [1.29, 1.82) is 0 Å². The van der Waals surface area contributed by atoms with Crippen molar-refractivity contribution in [3.05, 3.63) is 0 Å². The lowest BCUT2D eigenvalue weighted by atomic mass is 10.0. The van der Waals surface area contributed by atoms with Gasteiger partial charge in [-0.05, 0) is 12.3 Å². The lowest BCUT2D eigenvalue weighted by Crippen LogP contribution is -2.45. The summed E-state index contributed by atoms with van der Waals surface area (Å²) in [6.45, 7) is 4.44. The second kappa shape index (κ2) is 4.48. The molecule has 0 saturated heterocycles. The van der Waals surface area contributed by atoms with Gasteiger partial charge in [0.15, 0.2) is 0 Å². The van der Waals surface area contributed by atoms with Gasteiger partial charge in [0.25, 0.3) is 0 Å². The van der Waals surface area contributed by atoms with Crippen LogP contribution in [0.25, 0.3) is 0 Å². The Morgan fingerprint density at radius 2 is 1.85 bits per heavy atom. The summed E-state index contributed by atoms with van der Waals surface area (Å²) in [6, 6.07) is -1.72. The molecule has 1 atom stereocenters. The fourth-order valence-corrected chi connectivity index (χ4v) is 0.991.